The Bertz CT molecular complexity index is 1040. The van der Waals surface area contributed by atoms with E-state index >= 15 is 0 Å². The third kappa shape index (κ3) is 6.06. The van der Waals surface area contributed by atoms with Gasteiger partial charge in [-0.05, 0) is 44.9 Å². The smallest absolute Gasteiger partial charge is 0.329 e. The second kappa shape index (κ2) is 10.3. The standard InChI is InChI=1S/C26H31N3O3/c1-5-12-23-21(18-27-29(23)20-15-10-7-11-16-20)24(30)28-22(25(31)32-26(2,3)4)17-19-13-8-6-9-14-19/h6-11,13-16,18,22H,5,12,17H2,1-4H3,(H,28,30). The molecule has 0 aliphatic heterocycles. The molecule has 0 spiro atoms. The van der Waals surface area contributed by atoms with Crippen molar-refractivity contribution in [1.29, 1.82) is 0 Å². The summed E-state index contributed by atoms with van der Waals surface area (Å²) in [7, 11) is 0. The lowest BCUT2D eigenvalue weighted by molar-refractivity contribution is -0.157. The topological polar surface area (TPSA) is 73.2 Å². The van der Waals surface area contributed by atoms with E-state index in [4.69, 9.17) is 4.74 Å². The Labute approximate surface area is 189 Å². The molecule has 3 aromatic rings. The van der Waals surface area contributed by atoms with Gasteiger partial charge in [0.2, 0.25) is 0 Å². The molecule has 0 radical (unpaired) electrons. The molecule has 2 aromatic carbocycles. The monoisotopic (exact) mass is 433 g/mol. The Morgan fingerprint density at radius 3 is 2.25 bits per heavy atom. The molecule has 0 aliphatic rings. The number of hydrogen-bond acceptors (Lipinski definition) is 4. The van der Waals surface area contributed by atoms with Crippen LogP contribution in [0.4, 0.5) is 0 Å². The molecule has 1 unspecified atom stereocenters. The van der Waals surface area contributed by atoms with Crippen LogP contribution in [0.3, 0.4) is 0 Å². The van der Waals surface area contributed by atoms with Gasteiger partial charge in [0, 0.05) is 6.42 Å². The average molecular weight is 434 g/mol. The number of nitrogens with one attached hydrogen (secondary N) is 1. The van der Waals surface area contributed by atoms with Gasteiger partial charge in [0.1, 0.15) is 11.6 Å². The highest BCUT2D eigenvalue weighted by molar-refractivity contribution is 5.97. The Balaban J connectivity index is 1.88. The maximum Gasteiger partial charge on any atom is 0.329 e. The lowest BCUT2D eigenvalue weighted by Crippen LogP contribution is -2.45. The molecule has 0 bridgehead atoms. The van der Waals surface area contributed by atoms with E-state index in [0.717, 1.165) is 23.4 Å². The minimum Gasteiger partial charge on any atom is -0.458 e. The van der Waals surface area contributed by atoms with E-state index in [2.05, 4.69) is 17.3 Å². The molecule has 32 heavy (non-hydrogen) atoms. The second-order valence-electron chi connectivity index (χ2n) is 8.75. The predicted octanol–water partition coefficient (Wildman–Crippen LogP) is 4.51. The summed E-state index contributed by atoms with van der Waals surface area (Å²) >= 11 is 0. The molecule has 6 nitrogen and oxygen atoms in total. The molecule has 0 saturated carbocycles. The fourth-order valence-corrected chi connectivity index (χ4v) is 3.48. The van der Waals surface area contributed by atoms with Gasteiger partial charge in [0.15, 0.2) is 0 Å². The molecule has 3 rings (SSSR count). The Morgan fingerprint density at radius 1 is 1.03 bits per heavy atom. The van der Waals surface area contributed by atoms with Crippen LogP contribution in [0, 0.1) is 0 Å². The summed E-state index contributed by atoms with van der Waals surface area (Å²) in [6, 6.07) is 18.5. The third-order valence-corrected chi connectivity index (χ3v) is 4.88. The average Bonchev–Trinajstić information content (AvgIpc) is 3.17. The fraction of sp³-hybridized carbons (Fsp3) is 0.346. The summed E-state index contributed by atoms with van der Waals surface area (Å²) in [5.41, 5.74) is 2.47. The van der Waals surface area contributed by atoms with Crippen LogP contribution in [0.5, 0.6) is 0 Å². The van der Waals surface area contributed by atoms with Gasteiger partial charge in [-0.3, -0.25) is 4.79 Å². The van der Waals surface area contributed by atoms with Crippen LogP contribution in [0.1, 0.15) is 55.7 Å². The molecule has 1 heterocycles. The number of ether oxygens (including phenoxy) is 1. The first-order chi connectivity index (χ1) is 15.3. The molecule has 1 aromatic heterocycles. The third-order valence-electron chi connectivity index (χ3n) is 4.88. The summed E-state index contributed by atoms with van der Waals surface area (Å²) in [5, 5.41) is 7.36. The molecule has 1 N–H and O–H groups in total. The molecule has 0 aliphatic carbocycles. The Morgan fingerprint density at radius 2 is 1.66 bits per heavy atom. The van der Waals surface area contributed by atoms with Gasteiger partial charge in [0.05, 0.1) is 23.1 Å². The SMILES string of the molecule is CCCc1c(C(=O)NC(Cc2ccccc2)C(=O)OC(C)(C)C)cnn1-c1ccccc1. The Kier molecular flexibility index (Phi) is 7.46. The summed E-state index contributed by atoms with van der Waals surface area (Å²) in [6.07, 6.45) is 3.46. The molecule has 1 atom stereocenters. The lowest BCUT2D eigenvalue weighted by atomic mass is 10.0. The molecular formula is C26H31N3O3. The predicted molar refractivity (Wildman–Crippen MR) is 125 cm³/mol. The van der Waals surface area contributed by atoms with Crippen LogP contribution in [0.15, 0.2) is 66.9 Å². The van der Waals surface area contributed by atoms with Crippen molar-refractivity contribution in [2.75, 3.05) is 0 Å². The van der Waals surface area contributed by atoms with Crippen LogP contribution in [0.25, 0.3) is 5.69 Å². The summed E-state index contributed by atoms with van der Waals surface area (Å²) in [4.78, 5) is 26.2. The van der Waals surface area contributed by atoms with Crippen molar-refractivity contribution in [2.45, 2.75) is 58.6 Å². The number of hydrogen-bond donors (Lipinski definition) is 1. The quantitative estimate of drug-likeness (QED) is 0.531. The molecule has 6 heteroatoms. The van der Waals surface area contributed by atoms with Crippen LogP contribution in [-0.2, 0) is 22.4 Å². The fourth-order valence-electron chi connectivity index (χ4n) is 3.48. The second-order valence-corrected chi connectivity index (χ2v) is 8.75. The van der Waals surface area contributed by atoms with Crippen molar-refractivity contribution in [3.05, 3.63) is 83.7 Å². The number of carbonyl (C=O) groups excluding carboxylic acids is 2. The van der Waals surface area contributed by atoms with Crippen molar-refractivity contribution in [3.63, 3.8) is 0 Å². The lowest BCUT2D eigenvalue weighted by Gasteiger charge is -2.24. The first-order valence-electron chi connectivity index (χ1n) is 11.0. The normalized spacial score (nSPS) is 12.2. The molecule has 168 valence electrons. The van der Waals surface area contributed by atoms with Crippen molar-refractivity contribution in [1.82, 2.24) is 15.1 Å². The summed E-state index contributed by atoms with van der Waals surface area (Å²) < 4.78 is 7.38. The van der Waals surface area contributed by atoms with E-state index in [9.17, 15) is 9.59 Å². The van der Waals surface area contributed by atoms with Gasteiger partial charge < -0.3 is 10.1 Å². The van der Waals surface area contributed by atoms with E-state index in [1.807, 2.05) is 81.4 Å². The molecule has 0 saturated heterocycles. The first kappa shape index (κ1) is 23.3. The van der Waals surface area contributed by atoms with E-state index in [1.54, 1.807) is 10.9 Å². The van der Waals surface area contributed by atoms with Gasteiger partial charge in [-0.15, -0.1) is 0 Å². The zero-order valence-corrected chi connectivity index (χ0v) is 19.2. The van der Waals surface area contributed by atoms with Gasteiger partial charge >= 0.3 is 5.97 Å². The van der Waals surface area contributed by atoms with Crippen LogP contribution < -0.4 is 5.32 Å². The Hall–Kier alpha value is -3.41. The van der Waals surface area contributed by atoms with Crippen molar-refractivity contribution in [2.24, 2.45) is 0 Å². The largest absolute Gasteiger partial charge is 0.458 e. The van der Waals surface area contributed by atoms with Crippen LogP contribution in [0.2, 0.25) is 0 Å². The van der Waals surface area contributed by atoms with Crippen LogP contribution in [-0.4, -0.2) is 33.3 Å². The minimum absolute atomic E-state index is 0.331. The maximum atomic E-state index is 13.3. The number of amides is 1. The first-order valence-corrected chi connectivity index (χ1v) is 11.0. The minimum atomic E-state index is -0.807. The van der Waals surface area contributed by atoms with Crippen molar-refractivity contribution in [3.8, 4) is 5.69 Å². The van der Waals surface area contributed by atoms with E-state index in [-0.39, 0.29) is 5.91 Å². The van der Waals surface area contributed by atoms with Crippen molar-refractivity contribution < 1.29 is 14.3 Å². The molecular weight excluding hydrogens is 402 g/mol. The van der Waals surface area contributed by atoms with Crippen LogP contribution >= 0.6 is 0 Å². The summed E-state index contributed by atoms with van der Waals surface area (Å²) in [6.45, 7) is 7.50. The number of esters is 1. The van der Waals surface area contributed by atoms with Gasteiger partial charge in [0.25, 0.3) is 5.91 Å². The van der Waals surface area contributed by atoms with E-state index in [0.29, 0.717) is 18.4 Å². The zero-order chi connectivity index (χ0) is 23.1. The zero-order valence-electron chi connectivity index (χ0n) is 19.2. The van der Waals surface area contributed by atoms with E-state index < -0.39 is 17.6 Å². The van der Waals surface area contributed by atoms with Crippen molar-refractivity contribution >= 4 is 11.9 Å². The molecule has 1 amide bonds. The number of para-hydroxylation sites is 1. The number of benzene rings is 2. The van der Waals surface area contributed by atoms with Gasteiger partial charge in [-0.2, -0.15) is 5.10 Å². The van der Waals surface area contributed by atoms with Gasteiger partial charge in [-0.1, -0.05) is 61.9 Å². The highest BCUT2D eigenvalue weighted by Gasteiger charge is 2.29. The van der Waals surface area contributed by atoms with E-state index in [1.165, 1.54) is 0 Å². The highest BCUT2D eigenvalue weighted by atomic mass is 16.6. The number of nitrogens with zero attached hydrogens (tertiary/aromatic N) is 2. The summed E-state index contributed by atoms with van der Waals surface area (Å²) in [5.74, 6) is -0.787. The number of carbonyl (C=O) groups is 2. The maximum absolute atomic E-state index is 13.3. The number of rotatable bonds is 8. The highest BCUT2D eigenvalue weighted by Crippen LogP contribution is 2.18. The number of aromatic nitrogens is 2. The molecule has 0 fully saturated rings. The van der Waals surface area contributed by atoms with Gasteiger partial charge in [-0.25, -0.2) is 9.48 Å².